The molecule has 17 heavy (non-hydrogen) atoms. The van der Waals surface area contributed by atoms with Crippen molar-refractivity contribution in [2.45, 2.75) is 13.0 Å². The van der Waals surface area contributed by atoms with E-state index in [9.17, 15) is 0 Å². The smallest absolute Gasteiger partial charge is 0.124 e. The van der Waals surface area contributed by atoms with Gasteiger partial charge in [0.1, 0.15) is 12.0 Å². The molecule has 0 saturated carbocycles. The van der Waals surface area contributed by atoms with Crippen molar-refractivity contribution in [1.29, 1.82) is 0 Å². The van der Waals surface area contributed by atoms with Crippen molar-refractivity contribution in [3.63, 3.8) is 0 Å². The summed E-state index contributed by atoms with van der Waals surface area (Å²) in [6.45, 7) is 1.69. The van der Waals surface area contributed by atoms with Crippen LogP contribution in [0.5, 0.6) is 0 Å². The molecule has 2 rings (SSSR count). The second-order valence-electron chi connectivity index (χ2n) is 3.83. The number of hydrogen-bond acceptors (Lipinski definition) is 4. The molecule has 0 fully saturated rings. The van der Waals surface area contributed by atoms with E-state index >= 15 is 0 Å². The normalized spacial score (nSPS) is 10.4. The molecule has 1 N–H and O–H groups in total. The first-order valence-corrected chi connectivity index (χ1v) is 5.70. The van der Waals surface area contributed by atoms with Gasteiger partial charge in [-0.25, -0.2) is 0 Å². The Hall–Kier alpha value is -1.81. The van der Waals surface area contributed by atoms with Gasteiger partial charge in [-0.2, -0.15) is 0 Å². The van der Waals surface area contributed by atoms with Crippen LogP contribution < -0.4 is 4.90 Å². The summed E-state index contributed by atoms with van der Waals surface area (Å²) in [4.78, 5) is 2.17. The van der Waals surface area contributed by atoms with Crippen LogP contribution in [0.4, 0.5) is 5.69 Å². The fourth-order valence-corrected chi connectivity index (χ4v) is 1.71. The van der Waals surface area contributed by atoms with Gasteiger partial charge in [0.25, 0.3) is 0 Å². The van der Waals surface area contributed by atoms with E-state index in [1.54, 1.807) is 6.26 Å². The topological polar surface area (TPSA) is 49.5 Å². The zero-order valence-corrected chi connectivity index (χ0v) is 9.62. The summed E-state index contributed by atoms with van der Waals surface area (Å²) in [6.07, 6.45) is 2.32. The minimum Gasteiger partial charge on any atom is -0.396 e. The first-order chi connectivity index (χ1) is 8.40. The zero-order chi connectivity index (χ0) is 11.9. The third-order valence-corrected chi connectivity index (χ3v) is 2.55. The van der Waals surface area contributed by atoms with Gasteiger partial charge >= 0.3 is 0 Å². The maximum absolute atomic E-state index is 8.93. The first kappa shape index (κ1) is 11.7. The van der Waals surface area contributed by atoms with Crippen LogP contribution in [0.25, 0.3) is 0 Å². The molecule has 1 aromatic carbocycles. The highest BCUT2D eigenvalue weighted by Gasteiger charge is 2.08. The number of hydrogen-bond donors (Lipinski definition) is 1. The summed E-state index contributed by atoms with van der Waals surface area (Å²) in [5.41, 5.74) is 2.02. The van der Waals surface area contributed by atoms with E-state index < -0.39 is 0 Å². The fourth-order valence-electron chi connectivity index (χ4n) is 1.71. The lowest BCUT2D eigenvalue weighted by atomic mass is 10.2. The van der Waals surface area contributed by atoms with Crippen LogP contribution >= 0.6 is 0 Å². The maximum atomic E-state index is 8.93. The molecule has 90 valence electrons. The SMILES string of the molecule is OCCCN(Cc1ccon1)c1ccccc1. The van der Waals surface area contributed by atoms with Crippen molar-refractivity contribution in [1.82, 2.24) is 5.16 Å². The number of para-hydroxylation sites is 1. The molecule has 0 radical (unpaired) electrons. The highest BCUT2D eigenvalue weighted by Crippen LogP contribution is 2.16. The van der Waals surface area contributed by atoms with Crippen LogP contribution in [0.2, 0.25) is 0 Å². The Morgan fingerprint density at radius 1 is 1.18 bits per heavy atom. The highest BCUT2D eigenvalue weighted by atomic mass is 16.5. The lowest BCUT2D eigenvalue weighted by Crippen LogP contribution is -2.24. The molecule has 0 aliphatic carbocycles. The minimum absolute atomic E-state index is 0.197. The monoisotopic (exact) mass is 232 g/mol. The van der Waals surface area contributed by atoms with Crippen LogP contribution in [0.15, 0.2) is 47.2 Å². The molecule has 0 atom stereocenters. The van der Waals surface area contributed by atoms with Crippen LogP contribution in [-0.2, 0) is 6.54 Å². The Morgan fingerprint density at radius 2 is 2.00 bits per heavy atom. The maximum Gasteiger partial charge on any atom is 0.124 e. The molecule has 0 saturated heterocycles. The van der Waals surface area contributed by atoms with E-state index in [1.807, 2.05) is 24.3 Å². The highest BCUT2D eigenvalue weighted by molar-refractivity contribution is 5.46. The van der Waals surface area contributed by atoms with Crippen LogP contribution in [0.1, 0.15) is 12.1 Å². The van der Waals surface area contributed by atoms with Gasteiger partial charge in [-0.3, -0.25) is 0 Å². The second kappa shape index (κ2) is 6.06. The van der Waals surface area contributed by atoms with Gasteiger partial charge in [-0.1, -0.05) is 23.4 Å². The number of nitrogens with zero attached hydrogens (tertiary/aromatic N) is 2. The Bertz CT molecular complexity index is 414. The van der Waals surface area contributed by atoms with E-state index in [4.69, 9.17) is 9.63 Å². The molecule has 0 bridgehead atoms. The van der Waals surface area contributed by atoms with Crippen LogP contribution in [0, 0.1) is 0 Å². The van der Waals surface area contributed by atoms with Gasteiger partial charge in [0.2, 0.25) is 0 Å². The average molecular weight is 232 g/mol. The summed E-state index contributed by atoms with van der Waals surface area (Å²) < 4.78 is 4.83. The molecule has 0 amide bonds. The van der Waals surface area contributed by atoms with Crippen molar-refractivity contribution < 1.29 is 9.63 Å². The lowest BCUT2D eigenvalue weighted by Gasteiger charge is -2.23. The van der Waals surface area contributed by atoms with Crippen LogP contribution in [0.3, 0.4) is 0 Å². The summed E-state index contributed by atoms with van der Waals surface area (Å²) in [6, 6.07) is 12.0. The predicted octanol–water partition coefficient (Wildman–Crippen LogP) is 2.06. The van der Waals surface area contributed by atoms with Gasteiger partial charge < -0.3 is 14.5 Å². The number of benzene rings is 1. The van der Waals surface area contributed by atoms with Crippen molar-refractivity contribution in [3.8, 4) is 0 Å². The molecule has 2 aromatic rings. The Morgan fingerprint density at radius 3 is 2.65 bits per heavy atom. The van der Waals surface area contributed by atoms with E-state index in [-0.39, 0.29) is 6.61 Å². The minimum atomic E-state index is 0.197. The van der Waals surface area contributed by atoms with E-state index in [2.05, 4.69) is 22.2 Å². The zero-order valence-electron chi connectivity index (χ0n) is 9.62. The van der Waals surface area contributed by atoms with Gasteiger partial charge in [0, 0.05) is 24.9 Å². The molecule has 1 aromatic heterocycles. The van der Waals surface area contributed by atoms with E-state index in [1.165, 1.54) is 0 Å². The molecule has 0 spiro atoms. The Labute approximate surface area is 100 Å². The number of aliphatic hydroxyl groups is 1. The van der Waals surface area contributed by atoms with E-state index in [0.717, 1.165) is 24.3 Å². The Balaban J connectivity index is 2.08. The number of anilines is 1. The van der Waals surface area contributed by atoms with Crippen molar-refractivity contribution in [2.24, 2.45) is 0 Å². The summed E-state index contributed by atoms with van der Waals surface area (Å²) in [5, 5.41) is 12.8. The molecule has 1 heterocycles. The van der Waals surface area contributed by atoms with Gasteiger partial charge in [0.15, 0.2) is 0 Å². The van der Waals surface area contributed by atoms with Crippen molar-refractivity contribution in [2.75, 3.05) is 18.1 Å². The molecular weight excluding hydrogens is 216 g/mol. The standard InChI is InChI=1S/C13H16N2O2/c16-9-4-8-15(11-12-7-10-17-14-12)13-5-2-1-3-6-13/h1-3,5-7,10,16H,4,8-9,11H2. The molecule has 0 aliphatic rings. The Kier molecular flexibility index (Phi) is 4.16. The largest absolute Gasteiger partial charge is 0.396 e. The predicted molar refractivity (Wildman–Crippen MR) is 65.7 cm³/mol. The third-order valence-electron chi connectivity index (χ3n) is 2.55. The van der Waals surface area contributed by atoms with Gasteiger partial charge in [-0.05, 0) is 18.6 Å². The van der Waals surface area contributed by atoms with Crippen LogP contribution in [-0.4, -0.2) is 23.4 Å². The number of aromatic nitrogens is 1. The number of aliphatic hydroxyl groups excluding tert-OH is 1. The molecule has 4 nitrogen and oxygen atoms in total. The fraction of sp³-hybridized carbons (Fsp3) is 0.308. The summed E-state index contributed by atoms with van der Waals surface area (Å²) in [5.74, 6) is 0. The summed E-state index contributed by atoms with van der Waals surface area (Å²) >= 11 is 0. The van der Waals surface area contributed by atoms with Crippen molar-refractivity contribution in [3.05, 3.63) is 48.4 Å². The average Bonchev–Trinajstić information content (AvgIpc) is 2.88. The third kappa shape index (κ3) is 3.32. The van der Waals surface area contributed by atoms with Gasteiger partial charge in [-0.15, -0.1) is 0 Å². The quantitative estimate of drug-likeness (QED) is 0.828. The van der Waals surface area contributed by atoms with E-state index in [0.29, 0.717) is 6.54 Å². The van der Waals surface area contributed by atoms with Gasteiger partial charge in [0.05, 0.1) is 6.54 Å². The molecule has 4 heteroatoms. The second-order valence-corrected chi connectivity index (χ2v) is 3.83. The van der Waals surface area contributed by atoms with Crippen molar-refractivity contribution >= 4 is 5.69 Å². The molecule has 0 aliphatic heterocycles. The number of rotatable bonds is 6. The first-order valence-electron chi connectivity index (χ1n) is 5.70. The lowest BCUT2D eigenvalue weighted by molar-refractivity contribution is 0.289. The summed E-state index contributed by atoms with van der Waals surface area (Å²) in [7, 11) is 0. The molecule has 0 unspecified atom stereocenters. The molecular formula is C13H16N2O2.